The number of piperazine rings is 1. The Hall–Kier alpha value is -2.15. The van der Waals surface area contributed by atoms with Gasteiger partial charge in [0.1, 0.15) is 21.8 Å². The number of nitriles is 1. The van der Waals surface area contributed by atoms with Crippen LogP contribution >= 0.6 is 24.0 Å². The number of likely N-dealkylation sites (N-methyl/N-ethyl adjacent to an activating group) is 1. The molecule has 2 aliphatic rings. The van der Waals surface area contributed by atoms with E-state index in [9.17, 15) is 14.9 Å². The Morgan fingerprint density at radius 3 is 2.37 bits per heavy atom. The average Bonchev–Trinajstić information content (AvgIpc) is 2.98. The van der Waals surface area contributed by atoms with E-state index in [1.807, 2.05) is 26.8 Å². The van der Waals surface area contributed by atoms with E-state index in [0.29, 0.717) is 21.3 Å². The van der Waals surface area contributed by atoms with Crippen LogP contribution in [0.4, 0.5) is 5.82 Å². The zero-order chi connectivity index (χ0) is 22.2. The number of hydrogen-bond acceptors (Lipinski definition) is 7. The summed E-state index contributed by atoms with van der Waals surface area (Å²) in [4.78, 5) is 32.6. The van der Waals surface area contributed by atoms with Crippen LogP contribution in [0, 0.1) is 18.3 Å². The molecular formula is C21H27N5O2S2. The molecule has 0 radical (unpaired) electrons. The smallest absolute Gasteiger partial charge is 0.270 e. The Labute approximate surface area is 186 Å². The number of aromatic nitrogens is 1. The summed E-state index contributed by atoms with van der Waals surface area (Å²) in [5.41, 5.74) is 1.20. The van der Waals surface area contributed by atoms with Crippen molar-refractivity contribution >= 4 is 46.1 Å². The second kappa shape index (κ2) is 8.92. The van der Waals surface area contributed by atoms with Gasteiger partial charge in [0.05, 0.1) is 4.91 Å². The van der Waals surface area contributed by atoms with Crippen LogP contribution in [0.1, 0.15) is 37.5 Å². The summed E-state index contributed by atoms with van der Waals surface area (Å²) >= 11 is 6.69. The lowest BCUT2D eigenvalue weighted by molar-refractivity contribution is -0.123. The topological polar surface area (TPSA) is 72.6 Å². The molecule has 0 unspecified atom stereocenters. The first-order chi connectivity index (χ1) is 14.2. The Morgan fingerprint density at radius 1 is 1.23 bits per heavy atom. The van der Waals surface area contributed by atoms with Gasteiger partial charge in [0, 0.05) is 44.3 Å². The first kappa shape index (κ1) is 22.5. The molecule has 1 amide bonds. The molecule has 0 bridgehead atoms. The van der Waals surface area contributed by atoms with Gasteiger partial charge >= 0.3 is 0 Å². The highest BCUT2D eigenvalue weighted by atomic mass is 32.2. The van der Waals surface area contributed by atoms with Crippen molar-refractivity contribution < 1.29 is 4.79 Å². The molecule has 9 heteroatoms. The lowest BCUT2D eigenvalue weighted by atomic mass is 10.0. The number of rotatable bonds is 4. The molecule has 3 heterocycles. The molecule has 0 atom stereocenters. The summed E-state index contributed by atoms with van der Waals surface area (Å²) in [6, 6.07) is 2.04. The van der Waals surface area contributed by atoms with Crippen molar-refractivity contribution in [2.75, 3.05) is 38.1 Å². The van der Waals surface area contributed by atoms with Crippen LogP contribution in [-0.4, -0.2) is 63.9 Å². The van der Waals surface area contributed by atoms with Gasteiger partial charge in [0.25, 0.3) is 11.5 Å². The number of thioether (sulfide) groups is 1. The minimum Gasteiger partial charge on any atom is -0.355 e. The molecule has 0 saturated carbocycles. The lowest BCUT2D eigenvalue weighted by Crippen LogP contribution is -2.47. The zero-order valence-corrected chi connectivity index (χ0v) is 19.7. The van der Waals surface area contributed by atoms with Crippen LogP contribution in [0.2, 0.25) is 0 Å². The van der Waals surface area contributed by atoms with Crippen LogP contribution in [0.15, 0.2) is 9.70 Å². The summed E-state index contributed by atoms with van der Waals surface area (Å²) in [5.74, 6) is 0.651. The highest BCUT2D eigenvalue weighted by Gasteiger charge is 2.35. The van der Waals surface area contributed by atoms with Gasteiger partial charge in [-0.2, -0.15) is 5.26 Å². The van der Waals surface area contributed by atoms with Gasteiger partial charge in [-0.15, -0.1) is 0 Å². The minimum atomic E-state index is -0.279. The number of amides is 1. The summed E-state index contributed by atoms with van der Waals surface area (Å²) in [5, 5.41) is 9.64. The van der Waals surface area contributed by atoms with E-state index >= 15 is 0 Å². The zero-order valence-electron chi connectivity index (χ0n) is 18.1. The Morgan fingerprint density at radius 2 is 1.87 bits per heavy atom. The molecule has 2 saturated heterocycles. The quantitative estimate of drug-likeness (QED) is 0.521. The summed E-state index contributed by atoms with van der Waals surface area (Å²) in [6.07, 6.45) is 1.82. The number of hydrogen-bond donors (Lipinski definition) is 0. The third kappa shape index (κ3) is 3.92. The molecule has 0 spiro atoms. The largest absolute Gasteiger partial charge is 0.355 e. The van der Waals surface area contributed by atoms with E-state index in [4.69, 9.17) is 12.2 Å². The van der Waals surface area contributed by atoms with E-state index in [1.165, 1.54) is 11.8 Å². The van der Waals surface area contributed by atoms with Gasteiger partial charge < -0.3 is 9.80 Å². The number of nitrogens with zero attached hydrogens (tertiary/aromatic N) is 5. The lowest BCUT2D eigenvalue weighted by Gasteiger charge is -2.36. The maximum atomic E-state index is 13.0. The van der Waals surface area contributed by atoms with E-state index in [-0.39, 0.29) is 23.1 Å². The van der Waals surface area contributed by atoms with E-state index in [2.05, 4.69) is 22.9 Å². The summed E-state index contributed by atoms with van der Waals surface area (Å²) in [6.45, 7) is 11.3. The fraction of sp³-hybridized carbons (Fsp3) is 0.524. The van der Waals surface area contributed by atoms with Crippen molar-refractivity contribution in [1.82, 2.24) is 14.4 Å². The highest BCUT2D eigenvalue weighted by Crippen LogP contribution is 2.36. The first-order valence-electron chi connectivity index (χ1n) is 10.1. The van der Waals surface area contributed by atoms with Gasteiger partial charge in [-0.1, -0.05) is 24.0 Å². The van der Waals surface area contributed by atoms with Gasteiger partial charge in [-0.05, 0) is 46.4 Å². The van der Waals surface area contributed by atoms with Gasteiger partial charge in [-0.3, -0.25) is 19.1 Å². The first-order valence-corrected chi connectivity index (χ1v) is 11.3. The molecule has 0 aliphatic carbocycles. The summed E-state index contributed by atoms with van der Waals surface area (Å²) < 4.78 is 2.19. The van der Waals surface area contributed by atoms with Crippen LogP contribution in [0.25, 0.3) is 6.08 Å². The molecule has 160 valence electrons. The SMILES string of the molecule is CCn1c(N2CCN(C)CC2)c(/C=C2\SC(=S)N(C(C)C)C2=O)c(C)c(C#N)c1=O. The molecule has 2 fully saturated rings. The molecule has 0 aromatic carbocycles. The molecular weight excluding hydrogens is 418 g/mol. The predicted molar refractivity (Wildman–Crippen MR) is 126 cm³/mol. The molecule has 2 aliphatic heterocycles. The molecule has 30 heavy (non-hydrogen) atoms. The van der Waals surface area contributed by atoms with Crippen molar-refractivity contribution in [2.45, 2.75) is 40.3 Å². The fourth-order valence-electron chi connectivity index (χ4n) is 3.85. The molecule has 0 N–H and O–H groups in total. The monoisotopic (exact) mass is 445 g/mol. The van der Waals surface area contributed by atoms with Crippen LogP contribution in [0.3, 0.4) is 0 Å². The van der Waals surface area contributed by atoms with Crippen molar-refractivity contribution in [3.05, 3.63) is 31.9 Å². The number of anilines is 1. The van der Waals surface area contributed by atoms with Crippen LogP contribution in [-0.2, 0) is 11.3 Å². The average molecular weight is 446 g/mol. The minimum absolute atomic E-state index is 0.0270. The second-order valence-corrected chi connectivity index (χ2v) is 9.51. The standard InChI is InChI=1S/C21H27N5O2S2/c1-6-25-18(24-9-7-23(5)8-10-24)15(14(4)16(12-22)19(25)27)11-17-20(28)26(13(2)3)21(29)30-17/h11,13H,6-10H2,1-5H3/b17-11-. The number of carbonyl (C=O) groups is 1. The molecule has 3 rings (SSSR count). The fourth-order valence-corrected chi connectivity index (χ4v) is 5.36. The van der Waals surface area contributed by atoms with Gasteiger partial charge in [0.15, 0.2) is 0 Å². The van der Waals surface area contributed by atoms with E-state index in [1.54, 1.807) is 16.4 Å². The highest BCUT2D eigenvalue weighted by molar-refractivity contribution is 8.26. The Kier molecular flexibility index (Phi) is 6.70. The maximum absolute atomic E-state index is 13.0. The van der Waals surface area contributed by atoms with Crippen molar-refractivity contribution in [1.29, 1.82) is 5.26 Å². The predicted octanol–water partition coefficient (Wildman–Crippen LogP) is 2.41. The molecule has 1 aromatic rings. The number of thiocarbonyl (C=S) groups is 1. The molecule has 1 aromatic heterocycles. The third-order valence-corrected chi connectivity index (χ3v) is 6.91. The second-order valence-electron chi connectivity index (χ2n) is 7.83. The van der Waals surface area contributed by atoms with Gasteiger partial charge in [-0.25, -0.2) is 0 Å². The van der Waals surface area contributed by atoms with E-state index in [0.717, 1.165) is 37.6 Å². The Bertz CT molecular complexity index is 1010. The third-order valence-electron chi connectivity index (χ3n) is 5.58. The number of pyridine rings is 1. The van der Waals surface area contributed by atoms with Crippen molar-refractivity contribution in [3.8, 4) is 6.07 Å². The van der Waals surface area contributed by atoms with E-state index < -0.39 is 0 Å². The molecule has 7 nitrogen and oxygen atoms in total. The van der Waals surface area contributed by atoms with Crippen LogP contribution < -0.4 is 10.5 Å². The maximum Gasteiger partial charge on any atom is 0.270 e. The van der Waals surface area contributed by atoms with Crippen molar-refractivity contribution in [3.63, 3.8) is 0 Å². The Balaban J connectivity index is 2.23. The van der Waals surface area contributed by atoms with Crippen molar-refractivity contribution in [2.24, 2.45) is 0 Å². The summed E-state index contributed by atoms with van der Waals surface area (Å²) in [7, 11) is 2.08. The number of carbonyl (C=O) groups excluding carboxylic acids is 1. The normalized spacial score (nSPS) is 19.3. The van der Waals surface area contributed by atoms with Crippen LogP contribution in [0.5, 0.6) is 0 Å². The van der Waals surface area contributed by atoms with Gasteiger partial charge in [0.2, 0.25) is 0 Å².